The molecule has 0 amide bonds. The number of benzene rings is 5. The molecule has 0 aromatic heterocycles. The minimum Gasteiger partial charge on any atom is -0.289 e. The van der Waals surface area contributed by atoms with Crippen LogP contribution < -0.4 is 0 Å². The van der Waals surface area contributed by atoms with Gasteiger partial charge in [0.25, 0.3) is 0 Å². The average Bonchev–Trinajstić information content (AvgIpc) is 3.03. The van der Waals surface area contributed by atoms with E-state index in [2.05, 4.69) is 23.7 Å². The van der Waals surface area contributed by atoms with Gasteiger partial charge in [-0.3, -0.25) is 8.37 Å². The molecule has 0 saturated carbocycles. The molecule has 2 unspecified atom stereocenters. The minimum absolute atomic E-state index is 0.520. The fraction of sp³-hybridized carbons (Fsp3) is 0.0556. The van der Waals surface area contributed by atoms with E-state index >= 15 is 0 Å². The van der Waals surface area contributed by atoms with Gasteiger partial charge in [0.1, 0.15) is 0 Å². The lowest BCUT2D eigenvalue weighted by molar-refractivity contribution is 0.290. The Bertz CT molecular complexity index is 1480. The molecule has 0 fully saturated rings. The van der Waals surface area contributed by atoms with Gasteiger partial charge >= 0.3 is 0 Å². The summed E-state index contributed by atoms with van der Waals surface area (Å²) in [6.45, 7) is 0. The SMILES string of the molecule is C(#CC(OSc1ccccc1)c1ccccc1C(C#Cc1ccccc1)OSc1ccccc1)c1ccccc1. The highest BCUT2D eigenvalue weighted by atomic mass is 32.2. The molecule has 0 aliphatic heterocycles. The van der Waals surface area contributed by atoms with Gasteiger partial charge in [-0.05, 0) is 48.5 Å². The van der Waals surface area contributed by atoms with Crippen molar-refractivity contribution in [1.82, 2.24) is 0 Å². The van der Waals surface area contributed by atoms with Crippen LogP contribution in [0, 0.1) is 23.7 Å². The van der Waals surface area contributed by atoms with Gasteiger partial charge in [-0.1, -0.05) is 121 Å². The predicted molar refractivity (Wildman–Crippen MR) is 165 cm³/mol. The van der Waals surface area contributed by atoms with E-state index in [1.165, 1.54) is 24.1 Å². The number of rotatable bonds is 8. The fourth-order valence-electron chi connectivity index (χ4n) is 3.80. The van der Waals surface area contributed by atoms with E-state index in [0.29, 0.717) is 0 Å². The minimum atomic E-state index is -0.520. The molecule has 0 radical (unpaired) electrons. The highest BCUT2D eigenvalue weighted by Gasteiger charge is 2.21. The molecule has 0 aliphatic rings. The van der Waals surface area contributed by atoms with E-state index in [-0.39, 0.29) is 0 Å². The third kappa shape index (κ3) is 8.17. The summed E-state index contributed by atoms with van der Waals surface area (Å²) in [6, 6.07) is 48.0. The summed E-state index contributed by atoms with van der Waals surface area (Å²) < 4.78 is 12.8. The maximum absolute atomic E-state index is 6.38. The largest absolute Gasteiger partial charge is 0.289 e. The first-order valence-corrected chi connectivity index (χ1v) is 14.3. The molecule has 40 heavy (non-hydrogen) atoms. The molecule has 0 saturated heterocycles. The molecule has 5 rings (SSSR count). The zero-order chi connectivity index (χ0) is 27.2. The third-order valence-corrected chi connectivity index (χ3v) is 7.28. The van der Waals surface area contributed by atoms with Crippen LogP contribution in [-0.4, -0.2) is 0 Å². The first-order chi connectivity index (χ1) is 19.8. The summed E-state index contributed by atoms with van der Waals surface area (Å²) in [5.41, 5.74) is 3.68. The van der Waals surface area contributed by atoms with Crippen molar-refractivity contribution in [2.24, 2.45) is 0 Å². The highest BCUT2D eigenvalue weighted by Crippen LogP contribution is 2.35. The Balaban J connectivity index is 1.51. The van der Waals surface area contributed by atoms with Crippen molar-refractivity contribution in [1.29, 1.82) is 0 Å². The van der Waals surface area contributed by atoms with Crippen LogP contribution in [0.3, 0.4) is 0 Å². The standard InChI is InChI=1S/C36H26O2S2/c1-5-15-29(16-6-1)25-27-35(37-39-31-19-9-3-10-20-31)33-23-13-14-24-34(33)36(28-26-30-17-7-2-8-18-30)38-40-32-21-11-4-12-22-32/h1-24,35-36H. The summed E-state index contributed by atoms with van der Waals surface area (Å²) in [7, 11) is 0. The van der Waals surface area contributed by atoms with Gasteiger partial charge in [-0.25, -0.2) is 0 Å². The maximum atomic E-state index is 6.38. The molecule has 0 heterocycles. The van der Waals surface area contributed by atoms with Crippen molar-refractivity contribution in [3.05, 3.63) is 168 Å². The van der Waals surface area contributed by atoms with Gasteiger partial charge in [-0.2, -0.15) is 0 Å². The first kappa shape index (κ1) is 27.4. The lowest BCUT2D eigenvalue weighted by Gasteiger charge is -2.19. The van der Waals surface area contributed by atoms with Crippen LogP contribution in [0.2, 0.25) is 0 Å². The second-order valence-corrected chi connectivity index (χ2v) is 10.3. The van der Waals surface area contributed by atoms with Gasteiger partial charge in [0.05, 0.1) is 0 Å². The van der Waals surface area contributed by atoms with Gasteiger partial charge in [-0.15, -0.1) is 0 Å². The topological polar surface area (TPSA) is 18.5 Å². The molecule has 5 aromatic carbocycles. The smallest absolute Gasteiger partial charge is 0.159 e. The van der Waals surface area contributed by atoms with Gasteiger partial charge in [0.15, 0.2) is 12.2 Å². The lowest BCUT2D eigenvalue weighted by atomic mass is 9.98. The van der Waals surface area contributed by atoms with Gasteiger partial charge in [0.2, 0.25) is 0 Å². The zero-order valence-corrected chi connectivity index (χ0v) is 23.3. The summed E-state index contributed by atoms with van der Waals surface area (Å²) in [5.74, 6) is 13.3. The highest BCUT2D eigenvalue weighted by molar-refractivity contribution is 7.95. The molecule has 5 aromatic rings. The molecule has 4 heteroatoms. The zero-order valence-electron chi connectivity index (χ0n) is 21.6. The second kappa shape index (κ2) is 14.8. The maximum Gasteiger partial charge on any atom is 0.159 e. The monoisotopic (exact) mass is 554 g/mol. The molecular weight excluding hydrogens is 529 g/mol. The Morgan fingerprint density at radius 3 is 1.10 bits per heavy atom. The Morgan fingerprint density at radius 1 is 0.400 bits per heavy atom. The van der Waals surface area contributed by atoms with E-state index in [4.69, 9.17) is 8.37 Å². The van der Waals surface area contributed by atoms with E-state index in [1.54, 1.807) is 0 Å². The predicted octanol–water partition coefficient (Wildman–Crippen LogP) is 9.32. The fourth-order valence-corrected chi connectivity index (χ4v) is 5.05. The molecule has 2 atom stereocenters. The van der Waals surface area contributed by atoms with Crippen molar-refractivity contribution < 1.29 is 8.37 Å². The Hall–Kier alpha value is -4.16. The van der Waals surface area contributed by atoms with Crippen molar-refractivity contribution in [3.63, 3.8) is 0 Å². The average molecular weight is 555 g/mol. The second-order valence-electron chi connectivity index (χ2n) is 8.64. The van der Waals surface area contributed by atoms with Crippen LogP contribution in [0.4, 0.5) is 0 Å². The Labute approximate surface area is 245 Å². The van der Waals surface area contributed by atoms with Crippen molar-refractivity contribution in [2.75, 3.05) is 0 Å². The third-order valence-electron chi connectivity index (χ3n) is 5.77. The summed E-state index contributed by atoms with van der Waals surface area (Å²) in [4.78, 5) is 2.01. The molecular formula is C36H26O2S2. The van der Waals surface area contributed by atoms with Crippen LogP contribution in [0.15, 0.2) is 155 Å². The summed E-state index contributed by atoms with van der Waals surface area (Å²) >= 11 is 2.63. The molecule has 2 nitrogen and oxygen atoms in total. The van der Waals surface area contributed by atoms with Crippen LogP contribution in [0.1, 0.15) is 34.5 Å². The van der Waals surface area contributed by atoms with Crippen LogP contribution in [0.5, 0.6) is 0 Å². The van der Waals surface area contributed by atoms with Gasteiger partial charge < -0.3 is 0 Å². The van der Waals surface area contributed by atoms with Crippen LogP contribution >= 0.6 is 24.1 Å². The van der Waals surface area contributed by atoms with Crippen LogP contribution in [0.25, 0.3) is 0 Å². The molecule has 0 bridgehead atoms. The van der Waals surface area contributed by atoms with Crippen molar-refractivity contribution in [3.8, 4) is 23.7 Å². The molecule has 0 aliphatic carbocycles. The molecule has 0 N–H and O–H groups in total. The first-order valence-electron chi connectivity index (χ1n) is 12.8. The summed E-state index contributed by atoms with van der Waals surface area (Å²) in [6.07, 6.45) is -1.04. The normalized spacial score (nSPS) is 11.8. The Kier molecular flexibility index (Phi) is 10.2. The summed E-state index contributed by atoms with van der Waals surface area (Å²) in [5, 5.41) is 0. The quantitative estimate of drug-likeness (QED) is 0.140. The molecule has 0 spiro atoms. The van der Waals surface area contributed by atoms with E-state index in [9.17, 15) is 0 Å². The lowest BCUT2D eigenvalue weighted by Crippen LogP contribution is -2.07. The van der Waals surface area contributed by atoms with E-state index < -0.39 is 12.2 Å². The Morgan fingerprint density at radius 2 is 0.725 bits per heavy atom. The van der Waals surface area contributed by atoms with E-state index in [1.807, 2.05) is 146 Å². The molecule has 194 valence electrons. The number of hydrogen-bond acceptors (Lipinski definition) is 4. The van der Waals surface area contributed by atoms with E-state index in [0.717, 1.165) is 32.0 Å². The van der Waals surface area contributed by atoms with Gasteiger partial charge in [0, 0.05) is 56.1 Å². The van der Waals surface area contributed by atoms with Crippen LogP contribution in [-0.2, 0) is 8.37 Å². The number of hydrogen-bond donors (Lipinski definition) is 0. The van der Waals surface area contributed by atoms with Crippen molar-refractivity contribution in [2.45, 2.75) is 22.0 Å². The van der Waals surface area contributed by atoms with Crippen molar-refractivity contribution >= 4 is 24.1 Å².